The average molecular weight is 327 g/mol. The molecule has 0 spiro atoms. The summed E-state index contributed by atoms with van der Waals surface area (Å²) in [5, 5.41) is 5.42. The molecule has 0 atom stereocenters. The highest BCUT2D eigenvalue weighted by molar-refractivity contribution is 6.31. The number of benzene rings is 2. The number of fused-ring (bicyclic) bond motifs is 2. The van der Waals surface area contributed by atoms with Gasteiger partial charge >= 0.3 is 0 Å². The minimum atomic E-state index is 0.713. The zero-order chi connectivity index (χ0) is 15.8. The summed E-state index contributed by atoms with van der Waals surface area (Å²) in [7, 11) is 2.17. The summed E-state index contributed by atoms with van der Waals surface area (Å²) in [6.45, 7) is 4.10. The highest BCUT2D eigenvalue weighted by Crippen LogP contribution is 2.40. The molecular weight excluding hydrogens is 308 g/mol. The molecule has 0 unspecified atom stereocenters. The van der Waals surface area contributed by atoms with E-state index in [4.69, 9.17) is 11.6 Å². The van der Waals surface area contributed by atoms with E-state index in [2.05, 4.69) is 57.3 Å². The van der Waals surface area contributed by atoms with Gasteiger partial charge < -0.3 is 4.90 Å². The van der Waals surface area contributed by atoms with Crippen molar-refractivity contribution in [3.63, 3.8) is 0 Å². The Morgan fingerprint density at radius 3 is 2.57 bits per heavy atom. The molecule has 2 heterocycles. The molecule has 0 N–H and O–H groups in total. The van der Waals surface area contributed by atoms with Crippen molar-refractivity contribution in [3.8, 4) is 0 Å². The molecule has 0 aromatic heterocycles. The molecule has 1 saturated heterocycles. The fourth-order valence-corrected chi connectivity index (χ4v) is 3.30. The predicted molar refractivity (Wildman–Crippen MR) is 96.4 cm³/mol. The largest absolute Gasteiger partial charge is 0.304 e. The minimum absolute atomic E-state index is 0.713. The molecule has 2 aromatic carbocycles. The molecule has 0 bridgehead atoms. The summed E-state index contributed by atoms with van der Waals surface area (Å²) in [5.41, 5.74) is 4.29. The van der Waals surface area contributed by atoms with Crippen molar-refractivity contribution in [2.45, 2.75) is 0 Å². The van der Waals surface area contributed by atoms with Crippen LogP contribution in [0, 0.1) is 0 Å². The SMILES string of the molecule is CN1CCN(N2c3ccccc3C=Nc3cc(Cl)ccc32)CC1. The van der Waals surface area contributed by atoms with Gasteiger partial charge in [0, 0.05) is 43.0 Å². The molecule has 4 nitrogen and oxygen atoms in total. The van der Waals surface area contributed by atoms with Crippen molar-refractivity contribution in [2.24, 2.45) is 4.99 Å². The molecule has 5 heteroatoms. The summed E-state index contributed by atoms with van der Waals surface area (Å²) >= 11 is 6.18. The molecule has 0 radical (unpaired) electrons. The molecule has 0 aliphatic carbocycles. The minimum Gasteiger partial charge on any atom is -0.304 e. The third-order valence-corrected chi connectivity index (χ3v) is 4.67. The van der Waals surface area contributed by atoms with Crippen molar-refractivity contribution < 1.29 is 0 Å². The molecule has 0 amide bonds. The van der Waals surface area contributed by atoms with E-state index in [0.29, 0.717) is 5.02 Å². The highest BCUT2D eigenvalue weighted by Gasteiger charge is 2.26. The number of likely N-dealkylation sites (N-methyl/N-ethyl adjacent to an activating group) is 1. The van der Waals surface area contributed by atoms with Crippen LogP contribution in [0.15, 0.2) is 47.5 Å². The molecular formula is C18H19ClN4. The van der Waals surface area contributed by atoms with Crippen LogP contribution < -0.4 is 5.01 Å². The maximum absolute atomic E-state index is 6.18. The smallest absolute Gasteiger partial charge is 0.0896 e. The van der Waals surface area contributed by atoms with Crippen LogP contribution in [0.5, 0.6) is 0 Å². The van der Waals surface area contributed by atoms with Crippen LogP contribution in [-0.4, -0.2) is 49.4 Å². The number of para-hydroxylation sites is 1. The van der Waals surface area contributed by atoms with Crippen molar-refractivity contribution in [2.75, 3.05) is 38.2 Å². The van der Waals surface area contributed by atoms with E-state index in [1.807, 2.05) is 18.3 Å². The molecule has 1 fully saturated rings. The van der Waals surface area contributed by atoms with Crippen molar-refractivity contribution in [1.29, 1.82) is 0 Å². The van der Waals surface area contributed by atoms with Gasteiger partial charge in [-0.2, -0.15) is 0 Å². The number of hydrogen-bond acceptors (Lipinski definition) is 4. The van der Waals surface area contributed by atoms with Gasteiger partial charge in [0.05, 0.1) is 17.1 Å². The van der Waals surface area contributed by atoms with Crippen LogP contribution in [0.2, 0.25) is 5.02 Å². The maximum atomic E-state index is 6.18. The number of halogens is 1. The lowest BCUT2D eigenvalue weighted by atomic mass is 10.1. The highest BCUT2D eigenvalue weighted by atomic mass is 35.5. The second-order valence-electron chi connectivity index (χ2n) is 6.02. The second-order valence-corrected chi connectivity index (χ2v) is 6.46. The Morgan fingerprint density at radius 1 is 0.957 bits per heavy atom. The zero-order valence-corrected chi connectivity index (χ0v) is 13.9. The van der Waals surface area contributed by atoms with Gasteiger partial charge in [0.25, 0.3) is 0 Å². The Hall–Kier alpha value is -1.88. The molecule has 2 aromatic rings. The van der Waals surface area contributed by atoms with E-state index in [1.165, 1.54) is 5.69 Å². The van der Waals surface area contributed by atoms with Crippen LogP contribution in [0.1, 0.15) is 5.56 Å². The quantitative estimate of drug-likeness (QED) is 0.797. The van der Waals surface area contributed by atoms with E-state index < -0.39 is 0 Å². The van der Waals surface area contributed by atoms with Crippen LogP contribution in [0.3, 0.4) is 0 Å². The first-order valence-corrected chi connectivity index (χ1v) is 8.26. The number of rotatable bonds is 1. The van der Waals surface area contributed by atoms with E-state index in [9.17, 15) is 0 Å². The Bertz CT molecular complexity index is 750. The van der Waals surface area contributed by atoms with Gasteiger partial charge in [-0.1, -0.05) is 29.8 Å². The number of piperazine rings is 1. The lowest BCUT2D eigenvalue weighted by Crippen LogP contribution is -2.51. The first-order valence-electron chi connectivity index (χ1n) is 7.88. The Morgan fingerprint density at radius 2 is 1.74 bits per heavy atom. The molecule has 2 aliphatic rings. The molecule has 118 valence electrons. The second kappa shape index (κ2) is 5.96. The van der Waals surface area contributed by atoms with Gasteiger partial charge in [-0.05, 0) is 31.3 Å². The van der Waals surface area contributed by atoms with Crippen molar-refractivity contribution >= 4 is 34.9 Å². The molecule has 4 rings (SSSR count). The Balaban J connectivity index is 1.84. The normalized spacial score (nSPS) is 18.4. The van der Waals surface area contributed by atoms with Gasteiger partial charge in [0.1, 0.15) is 0 Å². The van der Waals surface area contributed by atoms with Crippen LogP contribution in [-0.2, 0) is 0 Å². The lowest BCUT2D eigenvalue weighted by molar-refractivity contribution is 0.155. The summed E-state index contributed by atoms with van der Waals surface area (Å²) in [5.74, 6) is 0. The van der Waals surface area contributed by atoms with Gasteiger partial charge in [0.15, 0.2) is 0 Å². The summed E-state index contributed by atoms with van der Waals surface area (Å²) in [6, 6.07) is 14.3. The fraction of sp³-hybridized carbons (Fsp3) is 0.278. The monoisotopic (exact) mass is 326 g/mol. The Kier molecular flexibility index (Phi) is 3.81. The lowest BCUT2D eigenvalue weighted by Gasteiger charge is -2.41. The number of nitrogens with zero attached hydrogens (tertiary/aromatic N) is 4. The van der Waals surface area contributed by atoms with Crippen molar-refractivity contribution in [3.05, 3.63) is 53.1 Å². The van der Waals surface area contributed by atoms with Gasteiger partial charge in [-0.25, -0.2) is 5.01 Å². The summed E-state index contributed by atoms with van der Waals surface area (Å²) in [6.07, 6.45) is 1.93. The number of hydrogen-bond donors (Lipinski definition) is 0. The third-order valence-electron chi connectivity index (χ3n) is 4.44. The zero-order valence-electron chi connectivity index (χ0n) is 13.1. The standard InChI is InChI=1S/C18H19ClN4/c1-21-8-10-22(11-9-21)23-17-5-3-2-4-14(17)13-20-16-12-15(19)6-7-18(16)23/h2-7,12-13H,8-11H2,1H3. The average Bonchev–Trinajstić information content (AvgIpc) is 2.72. The van der Waals surface area contributed by atoms with E-state index in [1.54, 1.807) is 0 Å². The third kappa shape index (κ3) is 2.74. The first-order chi connectivity index (χ1) is 11.2. The van der Waals surface area contributed by atoms with E-state index >= 15 is 0 Å². The Labute approximate surface area is 141 Å². The molecule has 23 heavy (non-hydrogen) atoms. The van der Waals surface area contributed by atoms with Gasteiger partial charge in [-0.15, -0.1) is 0 Å². The van der Waals surface area contributed by atoms with E-state index in [-0.39, 0.29) is 0 Å². The number of hydrazine groups is 1. The first kappa shape index (κ1) is 14.7. The molecule has 2 aliphatic heterocycles. The number of aliphatic imine (C=N–C) groups is 1. The van der Waals surface area contributed by atoms with Crippen LogP contribution in [0.4, 0.5) is 17.1 Å². The maximum Gasteiger partial charge on any atom is 0.0896 e. The summed E-state index contributed by atoms with van der Waals surface area (Å²) in [4.78, 5) is 7.02. The van der Waals surface area contributed by atoms with E-state index in [0.717, 1.165) is 43.1 Å². The van der Waals surface area contributed by atoms with Crippen LogP contribution >= 0.6 is 11.6 Å². The predicted octanol–water partition coefficient (Wildman–Crippen LogP) is 3.70. The fourth-order valence-electron chi connectivity index (χ4n) is 3.14. The van der Waals surface area contributed by atoms with Crippen molar-refractivity contribution in [1.82, 2.24) is 9.91 Å². The summed E-state index contributed by atoms with van der Waals surface area (Å²) < 4.78 is 0. The van der Waals surface area contributed by atoms with Gasteiger partial charge in [0.2, 0.25) is 0 Å². The van der Waals surface area contributed by atoms with Crippen LogP contribution in [0.25, 0.3) is 0 Å². The molecule has 0 saturated carbocycles. The topological polar surface area (TPSA) is 22.1 Å². The number of anilines is 2. The van der Waals surface area contributed by atoms with Gasteiger partial charge in [-0.3, -0.25) is 10.0 Å².